The third kappa shape index (κ3) is 2.61. The van der Waals surface area contributed by atoms with E-state index in [1.807, 2.05) is 0 Å². The van der Waals surface area contributed by atoms with Crippen molar-refractivity contribution in [1.82, 2.24) is 0 Å². The van der Waals surface area contributed by atoms with Gasteiger partial charge in [0.15, 0.2) is 5.75 Å². The molecule has 1 fully saturated rings. The summed E-state index contributed by atoms with van der Waals surface area (Å²) >= 11 is 0. The van der Waals surface area contributed by atoms with Crippen molar-refractivity contribution >= 4 is 5.69 Å². The number of ether oxygens (including phenoxy) is 1. The highest BCUT2D eigenvalue weighted by molar-refractivity contribution is 5.51. The van der Waals surface area contributed by atoms with Crippen LogP contribution >= 0.6 is 0 Å². The molecule has 0 aromatic heterocycles. The fourth-order valence-corrected chi connectivity index (χ4v) is 2.30. The molecule has 0 bridgehead atoms. The zero-order valence-electron chi connectivity index (χ0n) is 10.3. The first-order chi connectivity index (χ1) is 8.59. The molecular weight excluding hydrogens is 234 g/mol. The van der Waals surface area contributed by atoms with Crippen LogP contribution in [0.4, 0.5) is 5.69 Å². The summed E-state index contributed by atoms with van der Waals surface area (Å²) in [5, 5.41) is 20.8. The molecule has 2 rings (SSSR count). The zero-order valence-corrected chi connectivity index (χ0v) is 10.3. The molecule has 1 aliphatic carbocycles. The first-order valence-electron chi connectivity index (χ1n) is 6.18. The Morgan fingerprint density at radius 3 is 2.78 bits per heavy atom. The first-order valence-corrected chi connectivity index (χ1v) is 6.18. The molecule has 1 aliphatic rings. The quantitative estimate of drug-likeness (QED) is 0.662. The van der Waals surface area contributed by atoms with Crippen LogP contribution in [0.1, 0.15) is 31.2 Å². The molecule has 0 aliphatic heterocycles. The number of hydrogen-bond acceptors (Lipinski definition) is 4. The minimum Gasteiger partial charge on any atom is -0.481 e. The number of nitro benzene ring substituents is 1. The van der Waals surface area contributed by atoms with Crippen molar-refractivity contribution in [3.63, 3.8) is 0 Å². The van der Waals surface area contributed by atoms with Gasteiger partial charge in [0.1, 0.15) is 6.10 Å². The van der Waals surface area contributed by atoms with E-state index in [0.717, 1.165) is 24.8 Å². The van der Waals surface area contributed by atoms with Crippen molar-refractivity contribution in [2.24, 2.45) is 0 Å². The van der Waals surface area contributed by atoms with E-state index in [0.29, 0.717) is 6.42 Å². The molecule has 1 saturated carbocycles. The standard InChI is InChI=1S/C13H17NO4/c1-9-5-4-6-10(14(16)17)13(9)18-12-8-3-2-7-11(12)15/h4-6,11-12,15H,2-3,7-8H2,1H3/t11-,12-/m1/s1. The van der Waals surface area contributed by atoms with Gasteiger partial charge in [-0.1, -0.05) is 18.6 Å². The lowest BCUT2D eigenvalue weighted by Crippen LogP contribution is -2.34. The Morgan fingerprint density at radius 2 is 2.11 bits per heavy atom. The largest absolute Gasteiger partial charge is 0.481 e. The highest BCUT2D eigenvalue weighted by Gasteiger charge is 2.28. The van der Waals surface area contributed by atoms with Crippen LogP contribution in [0, 0.1) is 17.0 Å². The second-order valence-electron chi connectivity index (χ2n) is 4.69. The van der Waals surface area contributed by atoms with Crippen molar-refractivity contribution in [3.05, 3.63) is 33.9 Å². The van der Waals surface area contributed by atoms with E-state index in [1.165, 1.54) is 6.07 Å². The molecule has 0 unspecified atom stereocenters. The van der Waals surface area contributed by atoms with Crippen LogP contribution in [0.2, 0.25) is 0 Å². The smallest absolute Gasteiger partial charge is 0.311 e. The van der Waals surface area contributed by atoms with Gasteiger partial charge in [-0.2, -0.15) is 0 Å². The van der Waals surface area contributed by atoms with Gasteiger partial charge in [0.2, 0.25) is 0 Å². The maximum atomic E-state index is 11.0. The fraction of sp³-hybridized carbons (Fsp3) is 0.538. The molecule has 0 radical (unpaired) electrons. The number of nitro groups is 1. The second kappa shape index (κ2) is 5.35. The average molecular weight is 251 g/mol. The normalized spacial score (nSPS) is 23.7. The number of benzene rings is 1. The highest BCUT2D eigenvalue weighted by atomic mass is 16.6. The number of hydrogen-bond donors (Lipinski definition) is 1. The van der Waals surface area contributed by atoms with E-state index < -0.39 is 11.0 Å². The minimum absolute atomic E-state index is 0.0345. The van der Waals surface area contributed by atoms with Gasteiger partial charge in [-0.15, -0.1) is 0 Å². The predicted octanol–water partition coefficient (Wildman–Crippen LogP) is 2.59. The van der Waals surface area contributed by atoms with E-state index >= 15 is 0 Å². The van der Waals surface area contributed by atoms with Crippen molar-refractivity contribution < 1.29 is 14.8 Å². The van der Waals surface area contributed by atoms with Crippen molar-refractivity contribution in [2.75, 3.05) is 0 Å². The number of para-hydroxylation sites is 1. The summed E-state index contributed by atoms with van der Waals surface area (Å²) in [6.45, 7) is 1.78. The van der Waals surface area contributed by atoms with E-state index in [1.54, 1.807) is 19.1 Å². The van der Waals surface area contributed by atoms with Crippen molar-refractivity contribution in [1.29, 1.82) is 0 Å². The number of aliphatic hydroxyl groups excluding tert-OH is 1. The molecule has 5 heteroatoms. The lowest BCUT2D eigenvalue weighted by molar-refractivity contribution is -0.386. The van der Waals surface area contributed by atoms with E-state index in [4.69, 9.17) is 4.74 Å². The molecule has 0 heterocycles. The van der Waals surface area contributed by atoms with Crippen molar-refractivity contribution in [3.8, 4) is 5.75 Å². The molecule has 1 aromatic carbocycles. The van der Waals surface area contributed by atoms with Gasteiger partial charge in [-0.25, -0.2) is 0 Å². The SMILES string of the molecule is Cc1cccc([N+](=O)[O-])c1O[C@@H]1CCCC[C@H]1O. The summed E-state index contributed by atoms with van der Waals surface area (Å²) in [5.41, 5.74) is 0.690. The maximum absolute atomic E-state index is 11.0. The predicted molar refractivity (Wildman–Crippen MR) is 66.7 cm³/mol. The van der Waals surface area contributed by atoms with Crippen LogP contribution in [0.5, 0.6) is 5.75 Å². The summed E-state index contributed by atoms with van der Waals surface area (Å²) in [5.74, 6) is 0.286. The molecule has 0 spiro atoms. The van der Waals surface area contributed by atoms with Gasteiger partial charge >= 0.3 is 5.69 Å². The number of rotatable bonds is 3. The topological polar surface area (TPSA) is 72.6 Å². The third-order valence-electron chi connectivity index (χ3n) is 3.32. The second-order valence-corrected chi connectivity index (χ2v) is 4.69. The Hall–Kier alpha value is -1.62. The molecule has 2 atom stereocenters. The molecule has 0 saturated heterocycles. The highest BCUT2D eigenvalue weighted by Crippen LogP contribution is 2.33. The fourth-order valence-electron chi connectivity index (χ4n) is 2.30. The van der Waals surface area contributed by atoms with Crippen LogP contribution in [0.25, 0.3) is 0 Å². The Labute approximate surface area is 106 Å². The van der Waals surface area contributed by atoms with Crippen LogP contribution in [-0.2, 0) is 0 Å². The number of nitrogens with zero attached hydrogens (tertiary/aromatic N) is 1. The van der Waals surface area contributed by atoms with Crippen molar-refractivity contribution in [2.45, 2.75) is 44.8 Å². The van der Waals surface area contributed by atoms with Gasteiger partial charge in [0, 0.05) is 6.07 Å². The monoisotopic (exact) mass is 251 g/mol. The first kappa shape index (κ1) is 12.8. The molecular formula is C13H17NO4. The molecule has 5 nitrogen and oxygen atoms in total. The molecule has 0 amide bonds. The van der Waals surface area contributed by atoms with E-state index in [2.05, 4.69) is 0 Å². The van der Waals surface area contributed by atoms with Gasteiger partial charge in [0.05, 0.1) is 11.0 Å². The maximum Gasteiger partial charge on any atom is 0.311 e. The van der Waals surface area contributed by atoms with Crippen LogP contribution in [-0.4, -0.2) is 22.2 Å². The molecule has 1 N–H and O–H groups in total. The lowest BCUT2D eigenvalue weighted by Gasteiger charge is -2.28. The number of aliphatic hydroxyl groups is 1. The Bertz CT molecular complexity index is 447. The summed E-state index contributed by atoms with van der Waals surface area (Å²) in [4.78, 5) is 10.5. The summed E-state index contributed by atoms with van der Waals surface area (Å²) in [7, 11) is 0. The third-order valence-corrected chi connectivity index (χ3v) is 3.32. The minimum atomic E-state index is -0.530. The van der Waals surface area contributed by atoms with E-state index in [-0.39, 0.29) is 17.5 Å². The summed E-state index contributed by atoms with van der Waals surface area (Å²) < 4.78 is 5.70. The molecule has 98 valence electrons. The summed E-state index contributed by atoms with van der Waals surface area (Å²) in [6.07, 6.45) is 2.55. The zero-order chi connectivity index (χ0) is 13.1. The molecule has 1 aromatic rings. The Balaban J connectivity index is 2.24. The van der Waals surface area contributed by atoms with E-state index in [9.17, 15) is 15.2 Å². The Kier molecular flexibility index (Phi) is 3.81. The van der Waals surface area contributed by atoms with Crippen LogP contribution in [0.3, 0.4) is 0 Å². The van der Waals surface area contributed by atoms with Gasteiger partial charge < -0.3 is 9.84 Å². The van der Waals surface area contributed by atoms with Gasteiger partial charge in [0.25, 0.3) is 0 Å². The average Bonchev–Trinajstić information content (AvgIpc) is 2.34. The van der Waals surface area contributed by atoms with Crippen LogP contribution in [0.15, 0.2) is 18.2 Å². The Morgan fingerprint density at radius 1 is 1.39 bits per heavy atom. The van der Waals surface area contributed by atoms with Crippen LogP contribution < -0.4 is 4.74 Å². The molecule has 18 heavy (non-hydrogen) atoms. The van der Waals surface area contributed by atoms with Gasteiger partial charge in [-0.3, -0.25) is 10.1 Å². The number of aryl methyl sites for hydroxylation is 1. The van der Waals surface area contributed by atoms with Gasteiger partial charge in [-0.05, 0) is 31.7 Å². The summed E-state index contributed by atoms with van der Waals surface area (Å²) in [6, 6.07) is 4.84. The lowest BCUT2D eigenvalue weighted by atomic mass is 9.95.